The molecule has 2 heteroatoms. The topological polar surface area (TPSA) is 21.3 Å². The molecule has 17 heavy (non-hydrogen) atoms. The van der Waals surface area contributed by atoms with Gasteiger partial charge in [-0.15, -0.1) is 0 Å². The fraction of sp³-hybridized carbons (Fsp3) is 1.00. The van der Waals surface area contributed by atoms with Gasteiger partial charge in [0.2, 0.25) is 0 Å². The molecule has 1 fully saturated rings. The Morgan fingerprint density at radius 1 is 1.18 bits per heavy atom. The number of methoxy groups -OCH3 is 1. The van der Waals surface area contributed by atoms with E-state index in [4.69, 9.17) is 4.74 Å². The Kier molecular flexibility index (Phi) is 5.94. The van der Waals surface area contributed by atoms with E-state index >= 15 is 0 Å². The average Bonchev–Trinajstić information content (AvgIpc) is 2.38. The van der Waals surface area contributed by atoms with Crippen LogP contribution in [-0.2, 0) is 4.74 Å². The van der Waals surface area contributed by atoms with E-state index in [2.05, 4.69) is 33.1 Å². The van der Waals surface area contributed by atoms with Crippen molar-refractivity contribution in [1.29, 1.82) is 0 Å². The Hall–Kier alpha value is -0.0800. The molecule has 0 aromatic carbocycles. The minimum absolute atomic E-state index is 0.0278. The summed E-state index contributed by atoms with van der Waals surface area (Å²) in [6.07, 6.45) is 7.68. The highest BCUT2D eigenvalue weighted by atomic mass is 16.5. The Balaban J connectivity index is 2.74. The molecule has 1 unspecified atom stereocenters. The van der Waals surface area contributed by atoms with Crippen LogP contribution in [0.2, 0.25) is 0 Å². The Labute approximate surface area is 108 Å². The number of hydrogen-bond donors (Lipinski definition) is 1. The van der Waals surface area contributed by atoms with E-state index in [9.17, 15) is 0 Å². The molecule has 1 aliphatic rings. The van der Waals surface area contributed by atoms with E-state index < -0.39 is 0 Å². The molecule has 1 saturated carbocycles. The van der Waals surface area contributed by atoms with Gasteiger partial charge in [0.25, 0.3) is 0 Å². The van der Waals surface area contributed by atoms with Crippen LogP contribution in [0.15, 0.2) is 0 Å². The Morgan fingerprint density at radius 2 is 1.71 bits per heavy atom. The molecule has 0 saturated heterocycles. The third-order valence-electron chi connectivity index (χ3n) is 5.01. The predicted octanol–water partition coefficient (Wildman–Crippen LogP) is 3.61. The summed E-state index contributed by atoms with van der Waals surface area (Å²) >= 11 is 0. The SMILES string of the molecule is CCC(CC)(OC)C(NC)C1CCC(C)CC1. The van der Waals surface area contributed by atoms with Gasteiger partial charge < -0.3 is 10.1 Å². The van der Waals surface area contributed by atoms with Gasteiger partial charge in [0.1, 0.15) is 0 Å². The first-order chi connectivity index (χ1) is 8.13. The Morgan fingerprint density at radius 3 is 2.06 bits per heavy atom. The minimum atomic E-state index is 0.0278. The highest BCUT2D eigenvalue weighted by Crippen LogP contribution is 2.37. The summed E-state index contributed by atoms with van der Waals surface area (Å²) in [5.74, 6) is 1.71. The first-order valence-electron chi connectivity index (χ1n) is 7.35. The molecule has 2 nitrogen and oxygen atoms in total. The monoisotopic (exact) mass is 241 g/mol. The van der Waals surface area contributed by atoms with Crippen LogP contribution in [0.3, 0.4) is 0 Å². The van der Waals surface area contributed by atoms with Gasteiger partial charge in [0.05, 0.1) is 5.60 Å². The zero-order chi connectivity index (χ0) is 12.9. The van der Waals surface area contributed by atoms with E-state index in [1.54, 1.807) is 0 Å². The molecule has 0 heterocycles. The fourth-order valence-electron chi connectivity index (χ4n) is 3.65. The molecule has 0 bridgehead atoms. The number of rotatable bonds is 6. The lowest BCUT2D eigenvalue weighted by atomic mass is 9.72. The zero-order valence-corrected chi connectivity index (χ0v) is 12.4. The van der Waals surface area contributed by atoms with Crippen LogP contribution in [0.5, 0.6) is 0 Å². The second-order valence-corrected chi connectivity index (χ2v) is 5.76. The third kappa shape index (κ3) is 3.23. The van der Waals surface area contributed by atoms with Crippen molar-refractivity contribution >= 4 is 0 Å². The second kappa shape index (κ2) is 6.75. The van der Waals surface area contributed by atoms with Gasteiger partial charge in [0, 0.05) is 13.2 Å². The number of hydrogen-bond acceptors (Lipinski definition) is 2. The fourth-order valence-corrected chi connectivity index (χ4v) is 3.65. The molecule has 0 aliphatic heterocycles. The summed E-state index contributed by atoms with van der Waals surface area (Å²) in [4.78, 5) is 0. The zero-order valence-electron chi connectivity index (χ0n) is 12.4. The molecule has 1 aliphatic carbocycles. The first-order valence-corrected chi connectivity index (χ1v) is 7.35. The van der Waals surface area contributed by atoms with Crippen LogP contribution in [0.1, 0.15) is 59.3 Å². The van der Waals surface area contributed by atoms with Crippen LogP contribution in [0.4, 0.5) is 0 Å². The van der Waals surface area contributed by atoms with Crippen molar-refractivity contribution in [1.82, 2.24) is 5.32 Å². The van der Waals surface area contributed by atoms with Gasteiger partial charge in [-0.1, -0.05) is 33.6 Å². The first kappa shape index (κ1) is 15.0. The standard InChI is InChI=1S/C15H31NO/c1-6-15(7-2,17-5)14(16-4)13-10-8-12(3)9-11-13/h12-14,16H,6-11H2,1-5H3. The van der Waals surface area contributed by atoms with E-state index in [1.807, 2.05) is 7.11 Å². The highest BCUT2D eigenvalue weighted by Gasteiger charge is 2.40. The van der Waals surface area contributed by atoms with Gasteiger partial charge in [-0.2, -0.15) is 0 Å². The minimum Gasteiger partial charge on any atom is -0.377 e. The van der Waals surface area contributed by atoms with Gasteiger partial charge in [-0.3, -0.25) is 0 Å². The summed E-state index contributed by atoms with van der Waals surface area (Å²) in [5, 5.41) is 3.56. The van der Waals surface area contributed by atoms with Crippen molar-refractivity contribution in [2.24, 2.45) is 11.8 Å². The molecule has 0 radical (unpaired) electrons. The molecule has 0 amide bonds. The summed E-state index contributed by atoms with van der Waals surface area (Å²) < 4.78 is 5.91. The van der Waals surface area contributed by atoms with Crippen molar-refractivity contribution in [3.05, 3.63) is 0 Å². The normalized spacial score (nSPS) is 28.1. The van der Waals surface area contributed by atoms with Crippen molar-refractivity contribution in [3.63, 3.8) is 0 Å². The molecule has 1 rings (SSSR count). The van der Waals surface area contributed by atoms with E-state index in [0.29, 0.717) is 6.04 Å². The van der Waals surface area contributed by atoms with Crippen molar-refractivity contribution < 1.29 is 4.74 Å². The van der Waals surface area contributed by atoms with Crippen LogP contribution in [0.25, 0.3) is 0 Å². The molecule has 1 atom stereocenters. The quantitative estimate of drug-likeness (QED) is 0.767. The summed E-state index contributed by atoms with van der Waals surface area (Å²) in [6.45, 7) is 6.89. The summed E-state index contributed by atoms with van der Waals surface area (Å²) in [6, 6.07) is 0.509. The maximum absolute atomic E-state index is 5.91. The molecule has 1 N–H and O–H groups in total. The van der Waals surface area contributed by atoms with Crippen LogP contribution in [0, 0.1) is 11.8 Å². The van der Waals surface area contributed by atoms with Crippen molar-refractivity contribution in [2.45, 2.75) is 70.9 Å². The maximum atomic E-state index is 5.91. The second-order valence-electron chi connectivity index (χ2n) is 5.76. The highest BCUT2D eigenvalue weighted by molar-refractivity contribution is 4.96. The van der Waals surface area contributed by atoms with E-state index in [-0.39, 0.29) is 5.60 Å². The smallest absolute Gasteiger partial charge is 0.0828 e. The van der Waals surface area contributed by atoms with Gasteiger partial charge >= 0.3 is 0 Å². The van der Waals surface area contributed by atoms with Crippen LogP contribution < -0.4 is 5.32 Å². The number of likely N-dealkylation sites (N-methyl/N-ethyl adjacent to an activating group) is 1. The lowest BCUT2D eigenvalue weighted by Gasteiger charge is -2.44. The molecule has 0 aromatic heterocycles. The summed E-state index contributed by atoms with van der Waals surface area (Å²) in [7, 11) is 3.98. The molecule has 102 valence electrons. The van der Waals surface area contributed by atoms with E-state index in [0.717, 1.165) is 24.7 Å². The molecular weight excluding hydrogens is 210 g/mol. The van der Waals surface area contributed by atoms with Crippen molar-refractivity contribution in [3.8, 4) is 0 Å². The third-order valence-corrected chi connectivity index (χ3v) is 5.01. The molecule has 0 aromatic rings. The predicted molar refractivity (Wildman–Crippen MR) is 74.3 cm³/mol. The largest absolute Gasteiger partial charge is 0.377 e. The number of ether oxygens (including phenoxy) is 1. The average molecular weight is 241 g/mol. The van der Waals surface area contributed by atoms with Crippen LogP contribution in [-0.4, -0.2) is 25.8 Å². The lowest BCUT2D eigenvalue weighted by molar-refractivity contribution is -0.0663. The number of nitrogens with one attached hydrogen (secondary N) is 1. The lowest BCUT2D eigenvalue weighted by Crippen LogP contribution is -2.54. The molecular formula is C15H31NO. The van der Waals surface area contributed by atoms with Crippen molar-refractivity contribution in [2.75, 3.05) is 14.2 Å². The maximum Gasteiger partial charge on any atom is 0.0828 e. The molecule has 0 spiro atoms. The summed E-state index contributed by atoms with van der Waals surface area (Å²) in [5.41, 5.74) is 0.0278. The van der Waals surface area contributed by atoms with Gasteiger partial charge in [0.15, 0.2) is 0 Å². The van der Waals surface area contributed by atoms with E-state index in [1.165, 1.54) is 25.7 Å². The van der Waals surface area contributed by atoms with Gasteiger partial charge in [-0.05, 0) is 44.6 Å². The Bertz CT molecular complexity index is 197. The van der Waals surface area contributed by atoms with Gasteiger partial charge in [-0.25, -0.2) is 0 Å². The van der Waals surface area contributed by atoms with Crippen LogP contribution >= 0.6 is 0 Å².